The van der Waals surface area contributed by atoms with Gasteiger partial charge in [-0.25, -0.2) is 4.79 Å². The quantitative estimate of drug-likeness (QED) is 0.709. The van der Waals surface area contributed by atoms with Gasteiger partial charge in [0.25, 0.3) is 0 Å². The van der Waals surface area contributed by atoms with Gasteiger partial charge in [0.05, 0.1) is 6.54 Å². The fourth-order valence-electron chi connectivity index (χ4n) is 2.40. The Hall–Kier alpha value is -3.23. The Balaban J connectivity index is 1.57. The summed E-state index contributed by atoms with van der Waals surface area (Å²) in [6, 6.07) is 6.89. The molecule has 0 saturated heterocycles. The maximum Gasteiger partial charge on any atom is 0.321 e. The first-order valence-electron chi connectivity index (χ1n) is 8.65. The zero-order valence-electron chi connectivity index (χ0n) is 15.8. The van der Waals surface area contributed by atoms with Crippen molar-refractivity contribution in [3.8, 4) is 11.5 Å². The van der Waals surface area contributed by atoms with Crippen molar-refractivity contribution in [1.82, 2.24) is 25.2 Å². The number of aryl methyl sites for hydroxylation is 1. The van der Waals surface area contributed by atoms with Crippen molar-refractivity contribution in [2.45, 2.75) is 33.7 Å². The number of nitrogens with one attached hydrogen (secondary N) is 1. The van der Waals surface area contributed by atoms with Crippen LogP contribution in [0.1, 0.15) is 31.5 Å². The molecule has 2 heterocycles. The van der Waals surface area contributed by atoms with E-state index >= 15 is 0 Å². The molecule has 9 nitrogen and oxygen atoms in total. The van der Waals surface area contributed by atoms with Gasteiger partial charge in [-0.1, -0.05) is 19.0 Å². The minimum absolute atomic E-state index is 0.257. The topological polar surface area (TPSA) is 110 Å². The molecule has 1 N–H and O–H groups in total. The summed E-state index contributed by atoms with van der Waals surface area (Å²) >= 11 is 0. The van der Waals surface area contributed by atoms with Gasteiger partial charge >= 0.3 is 6.03 Å². The Morgan fingerprint density at radius 2 is 1.96 bits per heavy atom. The Kier molecular flexibility index (Phi) is 5.49. The molecule has 0 spiro atoms. The molecular weight excluding hydrogens is 348 g/mol. The first-order chi connectivity index (χ1) is 12.9. The van der Waals surface area contributed by atoms with E-state index < -0.39 is 0 Å². The number of hydrogen-bond donors (Lipinski definition) is 1. The van der Waals surface area contributed by atoms with Crippen LogP contribution in [-0.4, -0.2) is 38.3 Å². The number of urea groups is 1. The molecule has 1 aromatic carbocycles. The highest BCUT2D eigenvalue weighted by Gasteiger charge is 2.15. The van der Waals surface area contributed by atoms with Crippen LogP contribution in [-0.2, 0) is 13.0 Å². The fraction of sp³-hybridized carbons (Fsp3) is 0.389. The van der Waals surface area contributed by atoms with E-state index in [4.69, 9.17) is 8.94 Å². The molecular formula is C18H22N6O3. The third-order valence-electron chi connectivity index (χ3n) is 3.73. The van der Waals surface area contributed by atoms with E-state index in [0.29, 0.717) is 35.1 Å². The highest BCUT2D eigenvalue weighted by molar-refractivity contribution is 5.89. The summed E-state index contributed by atoms with van der Waals surface area (Å²) in [7, 11) is 1.67. The SMILES string of the molecule is Cc1nnc(-c2ccc(NC(=O)N(C)Cc3noc(CC(C)C)n3)cc2)o1. The number of nitrogens with zero attached hydrogens (tertiary/aromatic N) is 5. The van der Waals surface area contributed by atoms with Gasteiger partial charge in [-0.05, 0) is 30.2 Å². The molecule has 0 saturated carbocycles. The highest BCUT2D eigenvalue weighted by atomic mass is 16.5. The molecule has 0 aliphatic carbocycles. The predicted octanol–water partition coefficient (Wildman–Crippen LogP) is 3.29. The number of carbonyl (C=O) groups excluding carboxylic acids is 1. The number of rotatable bonds is 6. The van der Waals surface area contributed by atoms with Crippen LogP contribution in [0.25, 0.3) is 11.5 Å². The number of hydrogen-bond acceptors (Lipinski definition) is 7. The van der Waals surface area contributed by atoms with E-state index in [1.54, 1.807) is 38.2 Å². The summed E-state index contributed by atoms with van der Waals surface area (Å²) in [5.74, 6) is 2.43. The van der Waals surface area contributed by atoms with Gasteiger partial charge < -0.3 is 19.2 Å². The lowest BCUT2D eigenvalue weighted by molar-refractivity contribution is 0.219. The Bertz CT molecular complexity index is 900. The molecule has 0 atom stereocenters. The first kappa shape index (κ1) is 18.6. The molecule has 142 valence electrons. The third-order valence-corrected chi connectivity index (χ3v) is 3.73. The minimum Gasteiger partial charge on any atom is -0.421 e. The molecule has 9 heteroatoms. The molecule has 0 radical (unpaired) electrons. The lowest BCUT2D eigenvalue weighted by Crippen LogP contribution is -2.31. The number of anilines is 1. The van der Waals surface area contributed by atoms with E-state index in [-0.39, 0.29) is 12.6 Å². The number of carbonyl (C=O) groups is 1. The van der Waals surface area contributed by atoms with Crippen LogP contribution in [0.3, 0.4) is 0 Å². The van der Waals surface area contributed by atoms with Crippen LogP contribution >= 0.6 is 0 Å². The average Bonchev–Trinajstić information content (AvgIpc) is 3.24. The fourth-order valence-corrected chi connectivity index (χ4v) is 2.40. The second-order valence-electron chi connectivity index (χ2n) is 6.69. The summed E-state index contributed by atoms with van der Waals surface area (Å²) in [6.07, 6.45) is 0.717. The van der Waals surface area contributed by atoms with Crippen molar-refractivity contribution in [1.29, 1.82) is 0 Å². The monoisotopic (exact) mass is 370 g/mol. The second-order valence-corrected chi connectivity index (χ2v) is 6.69. The van der Waals surface area contributed by atoms with Crippen LogP contribution in [0.4, 0.5) is 10.5 Å². The van der Waals surface area contributed by atoms with Crippen molar-refractivity contribution < 1.29 is 13.7 Å². The lowest BCUT2D eigenvalue weighted by atomic mass is 10.1. The summed E-state index contributed by atoms with van der Waals surface area (Å²) in [6.45, 7) is 6.14. The number of benzene rings is 1. The number of amides is 2. The van der Waals surface area contributed by atoms with E-state index in [2.05, 4.69) is 39.5 Å². The van der Waals surface area contributed by atoms with Crippen LogP contribution in [0, 0.1) is 12.8 Å². The standard InChI is InChI=1S/C18H22N6O3/c1-11(2)9-16-20-15(23-27-16)10-24(4)18(25)19-14-7-5-13(6-8-14)17-22-21-12(3)26-17/h5-8,11H,9-10H2,1-4H3,(H,19,25). The summed E-state index contributed by atoms with van der Waals surface area (Å²) in [5, 5.41) is 14.5. The van der Waals surface area contributed by atoms with Crippen molar-refractivity contribution in [2.75, 3.05) is 12.4 Å². The van der Waals surface area contributed by atoms with E-state index in [9.17, 15) is 4.79 Å². The molecule has 2 amide bonds. The highest BCUT2D eigenvalue weighted by Crippen LogP contribution is 2.20. The van der Waals surface area contributed by atoms with Gasteiger partial charge in [-0.15, -0.1) is 10.2 Å². The zero-order valence-corrected chi connectivity index (χ0v) is 15.8. The largest absolute Gasteiger partial charge is 0.421 e. The van der Waals surface area contributed by atoms with Crippen LogP contribution in [0.5, 0.6) is 0 Å². The third kappa shape index (κ3) is 4.90. The molecule has 0 fully saturated rings. The van der Waals surface area contributed by atoms with Crippen LogP contribution < -0.4 is 5.32 Å². The maximum atomic E-state index is 12.3. The smallest absolute Gasteiger partial charge is 0.321 e. The Morgan fingerprint density at radius 3 is 2.59 bits per heavy atom. The van der Waals surface area contributed by atoms with E-state index in [0.717, 1.165) is 12.0 Å². The molecule has 3 aromatic rings. The lowest BCUT2D eigenvalue weighted by Gasteiger charge is -2.16. The van der Waals surface area contributed by atoms with Gasteiger partial charge in [0.15, 0.2) is 5.82 Å². The van der Waals surface area contributed by atoms with Crippen LogP contribution in [0.15, 0.2) is 33.2 Å². The predicted molar refractivity (Wildman–Crippen MR) is 97.8 cm³/mol. The molecule has 2 aromatic heterocycles. The average molecular weight is 370 g/mol. The van der Waals surface area contributed by atoms with Crippen molar-refractivity contribution in [2.24, 2.45) is 5.92 Å². The van der Waals surface area contributed by atoms with Gasteiger partial charge in [0, 0.05) is 31.6 Å². The van der Waals surface area contributed by atoms with E-state index in [1.165, 1.54) is 4.90 Å². The second kappa shape index (κ2) is 7.98. The number of aromatic nitrogens is 4. The molecule has 3 rings (SSSR count). The molecule has 27 heavy (non-hydrogen) atoms. The summed E-state index contributed by atoms with van der Waals surface area (Å²) < 4.78 is 10.6. The van der Waals surface area contributed by atoms with Gasteiger partial charge in [0.1, 0.15) is 0 Å². The van der Waals surface area contributed by atoms with Crippen molar-refractivity contribution in [3.63, 3.8) is 0 Å². The normalized spacial score (nSPS) is 11.0. The molecule has 0 unspecified atom stereocenters. The molecule has 0 bridgehead atoms. The maximum absolute atomic E-state index is 12.3. The summed E-state index contributed by atoms with van der Waals surface area (Å²) in [5.41, 5.74) is 1.44. The van der Waals surface area contributed by atoms with Gasteiger partial charge in [0.2, 0.25) is 17.7 Å². The first-order valence-corrected chi connectivity index (χ1v) is 8.65. The molecule has 0 aliphatic heterocycles. The van der Waals surface area contributed by atoms with E-state index in [1.807, 2.05) is 0 Å². The van der Waals surface area contributed by atoms with Crippen molar-refractivity contribution >= 4 is 11.7 Å². The Labute approximate surface area is 156 Å². The van der Waals surface area contributed by atoms with Gasteiger partial charge in [-0.3, -0.25) is 0 Å². The zero-order chi connectivity index (χ0) is 19.4. The van der Waals surface area contributed by atoms with Crippen LogP contribution in [0.2, 0.25) is 0 Å². The molecule has 0 aliphatic rings. The Morgan fingerprint density at radius 1 is 1.22 bits per heavy atom. The van der Waals surface area contributed by atoms with Crippen molar-refractivity contribution in [3.05, 3.63) is 41.9 Å². The minimum atomic E-state index is -0.272. The summed E-state index contributed by atoms with van der Waals surface area (Å²) in [4.78, 5) is 18.1. The van der Waals surface area contributed by atoms with Gasteiger partial charge in [-0.2, -0.15) is 4.98 Å².